The Morgan fingerprint density at radius 2 is 1.62 bits per heavy atom. The summed E-state index contributed by atoms with van der Waals surface area (Å²) in [5, 5.41) is 0.491. The van der Waals surface area contributed by atoms with E-state index in [-0.39, 0.29) is 20.6 Å². The first-order valence-corrected chi connectivity index (χ1v) is 8.84. The summed E-state index contributed by atoms with van der Waals surface area (Å²) < 4.78 is 27.5. The number of rotatable bonds is 3. The first-order chi connectivity index (χ1) is 9.70. The molecule has 2 aromatic rings. The molecule has 0 radical (unpaired) electrons. The van der Waals surface area contributed by atoms with Gasteiger partial charge in [0.05, 0.1) is 15.7 Å². The van der Waals surface area contributed by atoms with Crippen LogP contribution >= 0.6 is 50.7 Å². The van der Waals surface area contributed by atoms with Crippen LogP contribution in [0.1, 0.15) is 0 Å². The molecule has 0 saturated heterocycles. The fraction of sp³-hybridized carbons (Fsp3) is 0. The van der Waals surface area contributed by atoms with E-state index in [0.717, 1.165) is 0 Å². The molecule has 9 heteroatoms. The summed E-state index contributed by atoms with van der Waals surface area (Å²) in [6, 6.07) is 7.22. The molecule has 0 heterocycles. The summed E-state index contributed by atoms with van der Waals surface area (Å²) in [7, 11) is -3.91. The normalized spacial score (nSPS) is 11.4. The van der Waals surface area contributed by atoms with Crippen LogP contribution in [0, 0.1) is 0 Å². The minimum atomic E-state index is -3.91. The van der Waals surface area contributed by atoms with Gasteiger partial charge in [-0.2, -0.15) is 0 Å². The Labute approximate surface area is 145 Å². The third-order valence-corrected chi connectivity index (χ3v) is 5.65. The molecule has 2 rings (SSSR count). The van der Waals surface area contributed by atoms with Crippen molar-refractivity contribution in [3.8, 4) is 0 Å². The molecule has 0 amide bonds. The quantitative estimate of drug-likeness (QED) is 0.688. The molecule has 21 heavy (non-hydrogen) atoms. The number of hydrogen-bond donors (Lipinski definition) is 2. The molecule has 0 spiro atoms. The molecule has 2 aromatic carbocycles. The minimum absolute atomic E-state index is 0.0235. The summed E-state index contributed by atoms with van der Waals surface area (Å²) >= 11 is 20.9. The summed E-state index contributed by atoms with van der Waals surface area (Å²) in [4.78, 5) is -0.0235. The van der Waals surface area contributed by atoms with E-state index >= 15 is 0 Å². The molecular weight excluding hydrogens is 422 g/mol. The number of hydrogen-bond acceptors (Lipinski definition) is 3. The van der Waals surface area contributed by atoms with Gasteiger partial charge in [0, 0.05) is 15.2 Å². The van der Waals surface area contributed by atoms with Gasteiger partial charge in [-0.1, -0.05) is 34.8 Å². The van der Waals surface area contributed by atoms with E-state index in [2.05, 4.69) is 20.7 Å². The van der Waals surface area contributed by atoms with Crippen LogP contribution in [-0.4, -0.2) is 8.42 Å². The minimum Gasteiger partial charge on any atom is -0.399 e. The molecule has 0 saturated carbocycles. The highest BCUT2D eigenvalue weighted by molar-refractivity contribution is 9.10. The van der Waals surface area contributed by atoms with Crippen molar-refractivity contribution in [2.45, 2.75) is 4.90 Å². The third kappa shape index (κ3) is 3.76. The van der Waals surface area contributed by atoms with Gasteiger partial charge in [0.25, 0.3) is 10.0 Å². The highest BCUT2D eigenvalue weighted by Crippen LogP contribution is 2.36. The van der Waals surface area contributed by atoms with Gasteiger partial charge in [-0.3, -0.25) is 4.72 Å². The average molecular weight is 431 g/mol. The largest absolute Gasteiger partial charge is 0.399 e. The van der Waals surface area contributed by atoms with Gasteiger partial charge in [-0.15, -0.1) is 0 Å². The van der Waals surface area contributed by atoms with Crippen molar-refractivity contribution in [1.29, 1.82) is 0 Å². The Morgan fingerprint density at radius 3 is 2.19 bits per heavy atom. The van der Waals surface area contributed by atoms with Crippen LogP contribution in [0.25, 0.3) is 0 Å². The number of nitrogens with one attached hydrogen (secondary N) is 1. The van der Waals surface area contributed by atoms with E-state index in [1.54, 1.807) is 6.07 Å². The molecule has 4 nitrogen and oxygen atoms in total. The van der Waals surface area contributed by atoms with Gasteiger partial charge >= 0.3 is 0 Å². The second kappa shape index (κ2) is 6.22. The summed E-state index contributed by atoms with van der Waals surface area (Å²) in [5.41, 5.74) is 5.98. The number of benzene rings is 2. The average Bonchev–Trinajstić information content (AvgIpc) is 2.36. The second-order valence-electron chi connectivity index (χ2n) is 4.04. The lowest BCUT2D eigenvalue weighted by atomic mass is 10.3. The van der Waals surface area contributed by atoms with Crippen LogP contribution in [0.15, 0.2) is 39.7 Å². The number of anilines is 2. The first kappa shape index (κ1) is 16.7. The molecule has 0 aliphatic rings. The Kier molecular flexibility index (Phi) is 4.95. The van der Waals surface area contributed by atoms with Crippen LogP contribution in [0.3, 0.4) is 0 Å². The Bertz CT molecular complexity index is 789. The lowest BCUT2D eigenvalue weighted by Gasteiger charge is -2.13. The number of nitrogens with two attached hydrogens (primary N) is 1. The molecule has 0 aliphatic carbocycles. The van der Waals surface area contributed by atoms with E-state index in [4.69, 9.17) is 40.5 Å². The van der Waals surface area contributed by atoms with E-state index < -0.39 is 10.0 Å². The molecule has 0 aromatic heterocycles. The van der Waals surface area contributed by atoms with Crippen molar-refractivity contribution >= 4 is 72.1 Å². The third-order valence-electron chi connectivity index (χ3n) is 2.49. The SMILES string of the molecule is Nc1ccc(Br)c(S(=O)(=O)Nc2c(Cl)cc(Cl)cc2Cl)c1. The fourth-order valence-corrected chi connectivity index (χ4v) is 4.68. The Morgan fingerprint density at radius 1 is 1.05 bits per heavy atom. The molecule has 0 bridgehead atoms. The van der Waals surface area contributed by atoms with Gasteiger partial charge in [-0.05, 0) is 46.3 Å². The van der Waals surface area contributed by atoms with Crippen LogP contribution in [0.5, 0.6) is 0 Å². The van der Waals surface area contributed by atoms with Gasteiger partial charge < -0.3 is 5.73 Å². The number of sulfonamides is 1. The number of nitrogen functional groups attached to an aromatic ring is 1. The van der Waals surface area contributed by atoms with E-state index in [1.165, 1.54) is 24.3 Å². The predicted molar refractivity (Wildman–Crippen MR) is 90.8 cm³/mol. The maximum absolute atomic E-state index is 12.4. The molecule has 112 valence electrons. The highest BCUT2D eigenvalue weighted by atomic mass is 79.9. The van der Waals surface area contributed by atoms with Crippen molar-refractivity contribution in [1.82, 2.24) is 0 Å². The van der Waals surface area contributed by atoms with Crippen molar-refractivity contribution in [2.24, 2.45) is 0 Å². The second-order valence-corrected chi connectivity index (χ2v) is 7.80. The van der Waals surface area contributed by atoms with Gasteiger partial charge in [-0.25, -0.2) is 8.42 Å². The lowest BCUT2D eigenvalue weighted by Crippen LogP contribution is -2.14. The fourth-order valence-electron chi connectivity index (χ4n) is 1.55. The van der Waals surface area contributed by atoms with Crippen LogP contribution < -0.4 is 10.5 Å². The molecular formula is C12H8BrCl3N2O2S. The standard InChI is InChI=1S/C12H8BrCl3N2O2S/c13-8-2-1-7(17)5-11(8)21(19,20)18-12-9(15)3-6(14)4-10(12)16/h1-5,18H,17H2. The van der Waals surface area contributed by atoms with Crippen molar-refractivity contribution in [3.63, 3.8) is 0 Å². The van der Waals surface area contributed by atoms with Crippen LogP contribution in [-0.2, 0) is 10.0 Å². The van der Waals surface area contributed by atoms with Crippen molar-refractivity contribution in [3.05, 3.63) is 49.9 Å². The lowest BCUT2D eigenvalue weighted by molar-refractivity contribution is 0.601. The maximum atomic E-state index is 12.4. The van der Waals surface area contributed by atoms with Crippen LogP contribution in [0.4, 0.5) is 11.4 Å². The van der Waals surface area contributed by atoms with E-state index in [9.17, 15) is 8.42 Å². The smallest absolute Gasteiger partial charge is 0.263 e. The highest BCUT2D eigenvalue weighted by Gasteiger charge is 2.21. The maximum Gasteiger partial charge on any atom is 0.263 e. The topological polar surface area (TPSA) is 72.2 Å². The van der Waals surface area contributed by atoms with Crippen molar-refractivity contribution < 1.29 is 8.42 Å². The van der Waals surface area contributed by atoms with E-state index in [1.807, 2.05) is 0 Å². The molecule has 0 aliphatic heterocycles. The molecule has 0 fully saturated rings. The van der Waals surface area contributed by atoms with Crippen LogP contribution in [0.2, 0.25) is 15.1 Å². The Hall–Kier alpha value is -0.660. The van der Waals surface area contributed by atoms with Gasteiger partial charge in [0.15, 0.2) is 0 Å². The zero-order valence-corrected chi connectivity index (χ0v) is 14.9. The molecule has 3 N–H and O–H groups in total. The molecule has 0 atom stereocenters. The first-order valence-electron chi connectivity index (χ1n) is 5.43. The Balaban J connectivity index is 2.50. The van der Waals surface area contributed by atoms with E-state index in [0.29, 0.717) is 15.2 Å². The van der Waals surface area contributed by atoms with Gasteiger partial charge in [0.1, 0.15) is 4.90 Å². The summed E-state index contributed by atoms with van der Waals surface area (Å²) in [6.45, 7) is 0. The molecule has 0 unspecified atom stereocenters. The zero-order chi connectivity index (χ0) is 15.8. The number of halogens is 4. The predicted octanol–water partition coefficient (Wildman–Crippen LogP) is 4.79. The zero-order valence-electron chi connectivity index (χ0n) is 10.2. The summed E-state index contributed by atoms with van der Waals surface area (Å²) in [6.07, 6.45) is 0. The van der Waals surface area contributed by atoms with Crippen molar-refractivity contribution in [2.75, 3.05) is 10.5 Å². The van der Waals surface area contributed by atoms with Gasteiger partial charge in [0.2, 0.25) is 0 Å². The monoisotopic (exact) mass is 428 g/mol. The summed E-state index contributed by atoms with van der Waals surface area (Å²) in [5.74, 6) is 0.